The largest absolute Gasteiger partial charge is 0.307 e. The van der Waals surface area contributed by atoms with E-state index in [1.54, 1.807) is 17.0 Å². The molecule has 1 amide bonds. The molecule has 0 radical (unpaired) electrons. The van der Waals surface area contributed by atoms with E-state index in [9.17, 15) is 13.2 Å². The van der Waals surface area contributed by atoms with E-state index in [1.807, 2.05) is 30.3 Å². The SMILES string of the molecule is CCN(CC)CCN(C(=O)c1ccc2c(c1)CCN2S(C)(=O)=O)c1cccc(Br)c1. The van der Waals surface area contributed by atoms with Crippen molar-refractivity contribution >= 4 is 43.2 Å². The summed E-state index contributed by atoms with van der Waals surface area (Å²) in [6.07, 6.45) is 1.82. The molecule has 6 nitrogen and oxygen atoms in total. The van der Waals surface area contributed by atoms with Gasteiger partial charge in [0.2, 0.25) is 10.0 Å². The fraction of sp³-hybridized carbons (Fsp3) is 0.409. The van der Waals surface area contributed by atoms with Crippen molar-refractivity contribution in [3.8, 4) is 0 Å². The fourth-order valence-corrected chi connectivity index (χ4v) is 5.12. The van der Waals surface area contributed by atoms with Crippen molar-refractivity contribution in [2.24, 2.45) is 0 Å². The predicted octanol–water partition coefficient (Wildman–Crippen LogP) is 3.76. The summed E-state index contributed by atoms with van der Waals surface area (Å²) in [5, 5.41) is 0. The third-order valence-electron chi connectivity index (χ3n) is 5.48. The van der Waals surface area contributed by atoms with Crippen LogP contribution in [0.15, 0.2) is 46.9 Å². The second kappa shape index (κ2) is 9.49. The molecular weight excluding hydrogens is 466 g/mol. The number of benzene rings is 2. The van der Waals surface area contributed by atoms with Crippen molar-refractivity contribution in [3.05, 3.63) is 58.1 Å². The van der Waals surface area contributed by atoms with Crippen LogP contribution in [0.3, 0.4) is 0 Å². The Bertz CT molecular complexity index is 1020. The lowest BCUT2D eigenvalue weighted by molar-refractivity contribution is 0.0983. The van der Waals surface area contributed by atoms with Gasteiger partial charge in [-0.15, -0.1) is 0 Å². The van der Waals surface area contributed by atoms with E-state index >= 15 is 0 Å². The van der Waals surface area contributed by atoms with Crippen LogP contribution in [-0.2, 0) is 16.4 Å². The molecular formula is C22H28BrN3O3S. The van der Waals surface area contributed by atoms with E-state index in [2.05, 4.69) is 34.7 Å². The number of anilines is 2. The number of hydrogen-bond acceptors (Lipinski definition) is 4. The molecule has 0 bridgehead atoms. The van der Waals surface area contributed by atoms with Crippen molar-refractivity contribution in [2.75, 3.05) is 48.2 Å². The summed E-state index contributed by atoms with van der Waals surface area (Å²) in [4.78, 5) is 17.6. The van der Waals surface area contributed by atoms with E-state index in [0.717, 1.165) is 35.4 Å². The summed E-state index contributed by atoms with van der Waals surface area (Å²) in [5.41, 5.74) is 2.97. The fourth-order valence-electron chi connectivity index (χ4n) is 3.78. The lowest BCUT2D eigenvalue weighted by Gasteiger charge is -2.27. The molecule has 0 atom stereocenters. The standard InChI is InChI=1S/C22H28BrN3O3S/c1-4-24(5-2)13-14-25(20-8-6-7-19(23)16-20)22(27)18-9-10-21-17(15-18)11-12-26(21)30(3,28)29/h6-10,15-16H,4-5,11-14H2,1-3H3. The monoisotopic (exact) mass is 493 g/mol. The highest BCUT2D eigenvalue weighted by atomic mass is 79.9. The quantitative estimate of drug-likeness (QED) is 0.561. The second-order valence-corrected chi connectivity index (χ2v) is 10.2. The number of carbonyl (C=O) groups is 1. The average molecular weight is 494 g/mol. The van der Waals surface area contributed by atoms with Gasteiger partial charge in [-0.25, -0.2) is 8.42 Å². The molecule has 1 aliphatic rings. The Balaban J connectivity index is 1.91. The van der Waals surface area contributed by atoms with Crippen LogP contribution in [0.5, 0.6) is 0 Å². The first-order valence-corrected chi connectivity index (χ1v) is 12.8. The van der Waals surface area contributed by atoms with Crippen LogP contribution in [0.25, 0.3) is 0 Å². The van der Waals surface area contributed by atoms with Crippen molar-refractivity contribution in [2.45, 2.75) is 20.3 Å². The number of likely N-dealkylation sites (N-methyl/N-ethyl adjacent to an activating group) is 1. The molecule has 0 spiro atoms. The van der Waals surface area contributed by atoms with Crippen LogP contribution in [-0.4, -0.2) is 58.2 Å². The minimum Gasteiger partial charge on any atom is -0.307 e. The van der Waals surface area contributed by atoms with Crippen LogP contribution in [0, 0.1) is 0 Å². The number of rotatable bonds is 8. The molecule has 8 heteroatoms. The topological polar surface area (TPSA) is 60.9 Å². The second-order valence-electron chi connectivity index (χ2n) is 7.39. The number of fused-ring (bicyclic) bond motifs is 1. The van der Waals surface area contributed by atoms with Gasteiger partial charge in [0.15, 0.2) is 0 Å². The number of sulfonamides is 1. The minimum absolute atomic E-state index is 0.0825. The van der Waals surface area contributed by atoms with Gasteiger partial charge >= 0.3 is 0 Å². The highest BCUT2D eigenvalue weighted by Gasteiger charge is 2.28. The number of hydrogen-bond donors (Lipinski definition) is 0. The summed E-state index contributed by atoms with van der Waals surface area (Å²) in [5.74, 6) is -0.0825. The van der Waals surface area contributed by atoms with Gasteiger partial charge < -0.3 is 9.80 Å². The van der Waals surface area contributed by atoms with Gasteiger partial charge in [0, 0.05) is 35.4 Å². The molecule has 0 aromatic heterocycles. The first-order valence-electron chi connectivity index (χ1n) is 10.1. The Morgan fingerprint density at radius 1 is 1.10 bits per heavy atom. The summed E-state index contributed by atoms with van der Waals surface area (Å²) in [6, 6.07) is 13.1. The summed E-state index contributed by atoms with van der Waals surface area (Å²) in [6.45, 7) is 7.85. The maximum Gasteiger partial charge on any atom is 0.258 e. The Kier molecular flexibility index (Phi) is 7.21. The Hall–Kier alpha value is -1.90. The van der Waals surface area contributed by atoms with Crippen LogP contribution >= 0.6 is 15.9 Å². The smallest absolute Gasteiger partial charge is 0.258 e. The van der Waals surface area contributed by atoms with Gasteiger partial charge in [-0.2, -0.15) is 0 Å². The Morgan fingerprint density at radius 3 is 2.47 bits per heavy atom. The summed E-state index contributed by atoms with van der Waals surface area (Å²) >= 11 is 3.50. The van der Waals surface area contributed by atoms with Crippen LogP contribution in [0.1, 0.15) is 29.8 Å². The van der Waals surface area contributed by atoms with Gasteiger partial charge in [0.05, 0.1) is 11.9 Å². The molecule has 0 saturated carbocycles. The third-order valence-corrected chi connectivity index (χ3v) is 7.15. The zero-order valence-electron chi connectivity index (χ0n) is 17.6. The molecule has 0 saturated heterocycles. The maximum atomic E-state index is 13.5. The van der Waals surface area contributed by atoms with Gasteiger partial charge in [-0.1, -0.05) is 35.8 Å². The molecule has 0 fully saturated rings. The Morgan fingerprint density at radius 2 is 1.83 bits per heavy atom. The van der Waals surface area contributed by atoms with E-state index in [1.165, 1.54) is 10.6 Å². The molecule has 0 N–H and O–H groups in total. The van der Waals surface area contributed by atoms with Gasteiger partial charge in [-0.3, -0.25) is 9.10 Å². The maximum absolute atomic E-state index is 13.5. The lowest BCUT2D eigenvalue weighted by Crippen LogP contribution is -2.39. The molecule has 162 valence electrons. The highest BCUT2D eigenvalue weighted by molar-refractivity contribution is 9.10. The normalized spacial score (nSPS) is 13.6. The minimum atomic E-state index is -3.31. The van der Waals surface area contributed by atoms with Crippen molar-refractivity contribution in [1.82, 2.24) is 4.90 Å². The molecule has 1 heterocycles. The first-order chi connectivity index (χ1) is 14.2. The Labute approximate surface area is 187 Å². The zero-order chi connectivity index (χ0) is 21.9. The lowest BCUT2D eigenvalue weighted by atomic mass is 10.1. The first kappa shape index (κ1) is 22.8. The van der Waals surface area contributed by atoms with E-state index < -0.39 is 10.0 Å². The van der Waals surface area contributed by atoms with E-state index in [-0.39, 0.29) is 5.91 Å². The van der Waals surface area contributed by atoms with Crippen molar-refractivity contribution in [1.29, 1.82) is 0 Å². The van der Waals surface area contributed by atoms with Gasteiger partial charge in [-0.05, 0) is 61.5 Å². The molecule has 0 aliphatic carbocycles. The van der Waals surface area contributed by atoms with Crippen LogP contribution in [0.2, 0.25) is 0 Å². The molecule has 30 heavy (non-hydrogen) atoms. The molecule has 3 rings (SSSR count). The van der Waals surface area contributed by atoms with E-state index in [4.69, 9.17) is 0 Å². The van der Waals surface area contributed by atoms with Crippen LogP contribution in [0.4, 0.5) is 11.4 Å². The predicted molar refractivity (Wildman–Crippen MR) is 126 cm³/mol. The van der Waals surface area contributed by atoms with Gasteiger partial charge in [0.25, 0.3) is 5.91 Å². The average Bonchev–Trinajstić information content (AvgIpc) is 3.14. The molecule has 2 aromatic rings. The third kappa shape index (κ3) is 5.04. The number of halogens is 1. The molecule has 2 aromatic carbocycles. The van der Waals surface area contributed by atoms with E-state index in [0.29, 0.717) is 30.8 Å². The molecule has 0 unspecified atom stereocenters. The number of nitrogens with zero attached hydrogens (tertiary/aromatic N) is 3. The summed E-state index contributed by atoms with van der Waals surface area (Å²) < 4.78 is 26.3. The number of carbonyl (C=O) groups excluding carboxylic acids is 1. The summed E-state index contributed by atoms with van der Waals surface area (Å²) in [7, 11) is -3.31. The number of amides is 1. The van der Waals surface area contributed by atoms with Gasteiger partial charge in [0.1, 0.15) is 0 Å². The highest BCUT2D eigenvalue weighted by Crippen LogP contribution is 2.31. The van der Waals surface area contributed by atoms with Crippen LogP contribution < -0.4 is 9.21 Å². The zero-order valence-corrected chi connectivity index (χ0v) is 20.0. The van der Waals surface area contributed by atoms with Crippen molar-refractivity contribution < 1.29 is 13.2 Å². The van der Waals surface area contributed by atoms with Crippen molar-refractivity contribution in [3.63, 3.8) is 0 Å². The molecule has 1 aliphatic heterocycles.